The summed E-state index contributed by atoms with van der Waals surface area (Å²) in [5.41, 5.74) is 0.468. The Bertz CT molecular complexity index is 894. The van der Waals surface area contributed by atoms with E-state index < -0.39 is 18.9 Å². The van der Waals surface area contributed by atoms with Crippen LogP contribution in [-0.4, -0.2) is 21.2 Å². The van der Waals surface area contributed by atoms with Gasteiger partial charge in [0.1, 0.15) is 0 Å². The molecule has 6 heteroatoms. The number of anilines is 1. The molecule has 3 aromatic carbocycles. The second-order valence-electron chi connectivity index (χ2n) is 7.56. The molecule has 0 radical (unpaired) electrons. The smallest absolute Gasteiger partial charge is 0.0599 e. The molecule has 0 saturated carbocycles. The van der Waals surface area contributed by atoms with E-state index in [4.69, 9.17) is 0 Å². The van der Waals surface area contributed by atoms with Crippen LogP contribution in [-0.2, 0) is 0 Å². The van der Waals surface area contributed by atoms with Crippen molar-refractivity contribution in [3.8, 4) is 0 Å². The Kier molecular flexibility index (Phi) is 5.21. The van der Waals surface area contributed by atoms with Crippen molar-refractivity contribution < 1.29 is 9.11 Å². The average Bonchev–Trinajstić information content (AvgIpc) is 2.91. The molecular formula is C22H25N2O2PS. The van der Waals surface area contributed by atoms with Crippen LogP contribution in [0.2, 0.25) is 0 Å². The highest BCUT2D eigenvalue weighted by Gasteiger charge is 2.41. The number of rotatable bonds is 4. The van der Waals surface area contributed by atoms with Crippen LogP contribution in [0, 0.1) is 0 Å². The number of benzene rings is 3. The topological polar surface area (TPSA) is 55.7 Å². The summed E-state index contributed by atoms with van der Waals surface area (Å²) in [5, 5.41) is 3.83. The maximum atomic E-state index is 10.4. The van der Waals surface area contributed by atoms with E-state index in [9.17, 15) is 9.11 Å². The molecule has 28 heavy (non-hydrogen) atoms. The molecule has 0 unspecified atom stereocenters. The first-order valence-electron chi connectivity index (χ1n) is 9.21. The van der Waals surface area contributed by atoms with Gasteiger partial charge in [-0.3, -0.25) is 13.4 Å². The Morgan fingerprint density at radius 1 is 0.786 bits per heavy atom. The molecule has 1 saturated heterocycles. The van der Waals surface area contributed by atoms with Crippen molar-refractivity contribution in [1.82, 2.24) is 4.72 Å². The summed E-state index contributed by atoms with van der Waals surface area (Å²) in [6.45, 7) is 4.49. The van der Waals surface area contributed by atoms with E-state index in [0.29, 0.717) is 6.54 Å². The van der Waals surface area contributed by atoms with E-state index in [1.165, 1.54) is 15.9 Å². The van der Waals surface area contributed by atoms with Gasteiger partial charge in [0.25, 0.3) is 0 Å². The molecule has 0 amide bonds. The van der Waals surface area contributed by atoms with E-state index in [1.807, 2.05) is 38.1 Å². The minimum atomic E-state index is -3.00. The van der Waals surface area contributed by atoms with Gasteiger partial charge in [-0.2, -0.15) is 4.72 Å². The zero-order valence-electron chi connectivity index (χ0n) is 16.0. The highest BCUT2D eigenvalue weighted by atomic mass is 32.3. The fourth-order valence-electron chi connectivity index (χ4n) is 3.51. The first-order chi connectivity index (χ1) is 13.4. The van der Waals surface area contributed by atoms with Gasteiger partial charge in [-0.25, -0.2) is 0 Å². The lowest BCUT2D eigenvalue weighted by atomic mass is 10.1. The van der Waals surface area contributed by atoms with E-state index in [2.05, 4.69) is 65.4 Å². The Labute approximate surface area is 169 Å². The van der Waals surface area contributed by atoms with Gasteiger partial charge >= 0.3 is 0 Å². The van der Waals surface area contributed by atoms with Crippen molar-refractivity contribution in [2.24, 2.45) is 0 Å². The fraction of sp³-hybridized carbons (Fsp3) is 0.182. The van der Waals surface area contributed by atoms with Gasteiger partial charge in [-0.1, -0.05) is 83.8 Å². The summed E-state index contributed by atoms with van der Waals surface area (Å²) in [6, 6.07) is 29.3. The van der Waals surface area contributed by atoms with E-state index in [-0.39, 0.29) is 5.54 Å². The summed E-state index contributed by atoms with van der Waals surface area (Å²) >= 11 is 0. The van der Waals surface area contributed by atoms with Crippen molar-refractivity contribution >= 4 is 40.5 Å². The molecule has 0 bridgehead atoms. The van der Waals surface area contributed by atoms with Crippen LogP contribution < -0.4 is 24.9 Å². The first kappa shape index (κ1) is 19.4. The Balaban J connectivity index is 1.70. The van der Waals surface area contributed by atoms with Crippen molar-refractivity contribution in [1.29, 1.82) is 0 Å². The maximum absolute atomic E-state index is 10.4. The molecule has 0 aromatic heterocycles. The normalized spacial score (nSPS) is 19.0. The molecule has 1 fully saturated rings. The van der Waals surface area contributed by atoms with Crippen LogP contribution in [0.1, 0.15) is 13.8 Å². The van der Waals surface area contributed by atoms with Crippen LogP contribution in [0.3, 0.4) is 0 Å². The molecule has 0 aliphatic carbocycles. The van der Waals surface area contributed by atoms with Crippen LogP contribution >= 0.6 is 18.9 Å². The van der Waals surface area contributed by atoms with Gasteiger partial charge in [0, 0.05) is 0 Å². The van der Waals surface area contributed by atoms with Gasteiger partial charge in [0.05, 0.1) is 17.8 Å². The molecule has 0 spiro atoms. The van der Waals surface area contributed by atoms with Gasteiger partial charge in [0.15, 0.2) is 0 Å². The molecule has 3 N–H and O–H groups in total. The Morgan fingerprint density at radius 3 is 1.68 bits per heavy atom. The third-order valence-corrected chi connectivity index (χ3v) is 8.91. The van der Waals surface area contributed by atoms with Gasteiger partial charge in [0.2, 0.25) is 0 Å². The van der Waals surface area contributed by atoms with Gasteiger partial charge in [-0.05, 0) is 49.8 Å². The lowest BCUT2D eigenvalue weighted by Gasteiger charge is -2.37. The number of nitrogens with one attached hydrogen (secondary N) is 1. The first-order valence-corrected chi connectivity index (χ1v) is 12.1. The van der Waals surface area contributed by atoms with Crippen LogP contribution in [0.5, 0.6) is 0 Å². The third-order valence-electron chi connectivity index (χ3n) is 4.68. The molecule has 1 aliphatic rings. The SMILES string of the molecule is CC1(C)CN(c2ccc(P(c3ccccc3)c3ccccc3)cc2)S(O)(O)N1. The highest BCUT2D eigenvalue weighted by molar-refractivity contribution is 8.24. The van der Waals surface area contributed by atoms with E-state index in [0.717, 1.165) is 5.69 Å². The molecule has 3 aromatic rings. The quantitative estimate of drug-likeness (QED) is 0.562. The van der Waals surface area contributed by atoms with Crippen molar-refractivity contribution in [2.45, 2.75) is 19.4 Å². The molecule has 1 aliphatic heterocycles. The molecule has 146 valence electrons. The van der Waals surface area contributed by atoms with E-state index in [1.54, 1.807) is 4.31 Å². The summed E-state index contributed by atoms with van der Waals surface area (Å²) in [4.78, 5) is 0. The van der Waals surface area contributed by atoms with Crippen molar-refractivity contribution in [3.63, 3.8) is 0 Å². The Hall–Kier alpha value is -1.88. The van der Waals surface area contributed by atoms with Gasteiger partial charge < -0.3 is 0 Å². The van der Waals surface area contributed by atoms with Crippen LogP contribution in [0.15, 0.2) is 84.9 Å². The highest BCUT2D eigenvalue weighted by Crippen LogP contribution is 2.50. The second-order valence-corrected chi connectivity index (χ2v) is 11.5. The van der Waals surface area contributed by atoms with Crippen molar-refractivity contribution in [2.75, 3.05) is 10.8 Å². The molecule has 0 atom stereocenters. The lowest BCUT2D eigenvalue weighted by molar-refractivity contribution is 0.454. The van der Waals surface area contributed by atoms with Gasteiger partial charge in [-0.15, -0.1) is 0 Å². The summed E-state index contributed by atoms with van der Waals surface area (Å²) in [7, 11) is -3.66. The number of hydrogen-bond acceptors (Lipinski definition) is 4. The number of nitrogens with zero attached hydrogens (tertiary/aromatic N) is 1. The predicted molar refractivity (Wildman–Crippen MR) is 123 cm³/mol. The standard InChI is InChI=1S/C22H25N2O2PS/c1-22(2)17-24(28(25,26)23-22)18-13-15-21(16-14-18)27(19-9-5-3-6-10-19)20-11-7-4-8-12-20/h3-16,23,25-26H,17H2,1-2H3. The largest absolute Gasteiger partial charge is 0.269 e. The van der Waals surface area contributed by atoms with Crippen LogP contribution in [0.25, 0.3) is 0 Å². The minimum absolute atomic E-state index is 0.349. The fourth-order valence-corrected chi connectivity index (χ4v) is 7.63. The maximum Gasteiger partial charge on any atom is 0.0599 e. The Morgan fingerprint density at radius 2 is 1.25 bits per heavy atom. The summed E-state index contributed by atoms with van der Waals surface area (Å²) in [6.07, 6.45) is 0. The van der Waals surface area contributed by atoms with Crippen molar-refractivity contribution in [3.05, 3.63) is 84.9 Å². The monoisotopic (exact) mass is 412 g/mol. The lowest BCUT2D eigenvalue weighted by Crippen LogP contribution is -2.35. The average molecular weight is 412 g/mol. The summed E-state index contributed by atoms with van der Waals surface area (Å²) < 4.78 is 25.5. The number of hydrogen-bond donors (Lipinski definition) is 3. The molecule has 4 nitrogen and oxygen atoms in total. The zero-order valence-corrected chi connectivity index (χ0v) is 17.7. The van der Waals surface area contributed by atoms with Crippen LogP contribution in [0.4, 0.5) is 5.69 Å². The molecular weight excluding hydrogens is 387 g/mol. The van der Waals surface area contributed by atoms with E-state index >= 15 is 0 Å². The predicted octanol–water partition coefficient (Wildman–Crippen LogP) is 4.21. The minimum Gasteiger partial charge on any atom is -0.269 e. The zero-order chi connectivity index (χ0) is 19.8. The molecule has 4 rings (SSSR count). The second kappa shape index (κ2) is 7.51. The summed E-state index contributed by atoms with van der Waals surface area (Å²) in [5.74, 6) is 0. The molecule has 1 heterocycles. The third kappa shape index (κ3) is 3.95.